The van der Waals surface area contributed by atoms with Gasteiger partial charge >= 0.3 is 6.03 Å². The van der Waals surface area contributed by atoms with E-state index in [0.29, 0.717) is 25.3 Å². The Kier molecular flexibility index (Phi) is 9.55. The van der Waals surface area contributed by atoms with Gasteiger partial charge in [0.1, 0.15) is 17.1 Å². The minimum atomic E-state index is -1.23. The fraction of sp³-hybridized carbons (Fsp3) is 0.196. The number of ether oxygens (including phenoxy) is 1. The van der Waals surface area contributed by atoms with Gasteiger partial charge in [0.05, 0.1) is 35.3 Å². The van der Waals surface area contributed by atoms with Gasteiger partial charge < -0.3 is 20.1 Å². The molecule has 0 radical (unpaired) electrons. The van der Waals surface area contributed by atoms with Crippen molar-refractivity contribution in [2.75, 3.05) is 23.9 Å². The number of pyridine rings is 1. The predicted molar refractivity (Wildman–Crippen MR) is 218 cm³/mol. The second-order valence-corrected chi connectivity index (χ2v) is 14.5. The van der Waals surface area contributed by atoms with Crippen LogP contribution in [0.4, 0.5) is 16.4 Å². The Bertz CT molecular complexity index is 2300. The molecular formula is C46H44N6O3. The van der Waals surface area contributed by atoms with Crippen LogP contribution in [0.2, 0.25) is 0 Å². The molecule has 3 heterocycles. The first-order valence-corrected chi connectivity index (χ1v) is 18.6. The third kappa shape index (κ3) is 6.79. The molecule has 8 rings (SSSR count). The molecule has 3 N–H and O–H groups in total. The van der Waals surface area contributed by atoms with E-state index in [1.54, 1.807) is 21.0 Å². The molecule has 5 aromatic carbocycles. The summed E-state index contributed by atoms with van der Waals surface area (Å²) < 4.78 is 7.56. The summed E-state index contributed by atoms with van der Waals surface area (Å²) in [5, 5.41) is 23.7. The minimum absolute atomic E-state index is 0.391. The Morgan fingerprint density at radius 2 is 1.35 bits per heavy atom. The molecule has 1 atom stereocenters. The lowest BCUT2D eigenvalue weighted by Crippen LogP contribution is -2.44. The molecule has 0 bridgehead atoms. The Morgan fingerprint density at radius 1 is 0.800 bits per heavy atom. The highest BCUT2D eigenvalue weighted by Crippen LogP contribution is 2.46. The Morgan fingerprint density at radius 3 is 1.87 bits per heavy atom. The molecule has 7 aromatic rings. The number of benzene rings is 5. The topological polar surface area (TPSA) is 105 Å². The van der Waals surface area contributed by atoms with E-state index in [1.165, 1.54) is 0 Å². The highest BCUT2D eigenvalue weighted by molar-refractivity contribution is 5.98. The van der Waals surface area contributed by atoms with Gasteiger partial charge in [-0.15, -0.1) is 0 Å². The number of rotatable bonds is 11. The van der Waals surface area contributed by atoms with Gasteiger partial charge in [-0.2, -0.15) is 5.10 Å². The number of anilines is 2. The van der Waals surface area contributed by atoms with Gasteiger partial charge in [0.2, 0.25) is 0 Å². The summed E-state index contributed by atoms with van der Waals surface area (Å²) in [7, 11) is 1.67. The molecule has 9 heteroatoms. The van der Waals surface area contributed by atoms with Crippen molar-refractivity contribution in [1.29, 1.82) is 0 Å². The highest BCUT2D eigenvalue weighted by Gasteiger charge is 2.42. The van der Waals surface area contributed by atoms with Crippen LogP contribution in [0.1, 0.15) is 53.4 Å². The van der Waals surface area contributed by atoms with Crippen LogP contribution >= 0.6 is 0 Å². The lowest BCUT2D eigenvalue weighted by atomic mass is 9.77. The standard InChI is InChI=1S/C46H44N6O3/c1-45(2,54)42(33-16-8-4-9-17-33)49-44(53)48-40-30-39-41-38(47-40)28-29-51(31-32-24-26-37(55-3)27-25-32)43(41)50-52(39)46(34-18-10-5-11-19-34,35-20-12-6-13-21-35)36-22-14-7-15-23-36/h4-27,30,42,54H,28-29,31H2,1-3H3,(H2,47,48,49,53)/t42-/m0/s1. The lowest BCUT2D eigenvalue weighted by molar-refractivity contribution is 0.0415. The number of hydrogen-bond donors (Lipinski definition) is 3. The minimum Gasteiger partial charge on any atom is -0.497 e. The van der Waals surface area contributed by atoms with Gasteiger partial charge in [0.25, 0.3) is 0 Å². The van der Waals surface area contributed by atoms with E-state index >= 15 is 0 Å². The Balaban J connectivity index is 1.32. The number of carbonyl (C=O) groups excluding carboxylic acids is 1. The molecular weight excluding hydrogens is 685 g/mol. The van der Waals surface area contributed by atoms with E-state index in [0.717, 1.165) is 56.0 Å². The number of nitrogens with one attached hydrogen (secondary N) is 2. The number of carbonyl (C=O) groups is 1. The van der Waals surface area contributed by atoms with E-state index in [-0.39, 0.29) is 0 Å². The third-order valence-electron chi connectivity index (χ3n) is 10.4. The average Bonchev–Trinajstić information content (AvgIpc) is 3.60. The monoisotopic (exact) mass is 728 g/mol. The second-order valence-electron chi connectivity index (χ2n) is 14.5. The van der Waals surface area contributed by atoms with E-state index < -0.39 is 23.2 Å². The van der Waals surface area contributed by atoms with Crippen molar-refractivity contribution in [2.45, 2.75) is 44.0 Å². The summed E-state index contributed by atoms with van der Waals surface area (Å²) in [4.78, 5) is 21.2. The van der Waals surface area contributed by atoms with Crippen LogP contribution in [0.5, 0.6) is 5.75 Å². The molecule has 0 fully saturated rings. The summed E-state index contributed by atoms with van der Waals surface area (Å²) in [5.41, 5.74) is 4.56. The molecule has 0 unspecified atom stereocenters. The Hall–Kier alpha value is -6.45. The van der Waals surface area contributed by atoms with Crippen molar-refractivity contribution in [2.24, 2.45) is 0 Å². The molecule has 276 valence electrons. The number of nitrogens with zero attached hydrogens (tertiary/aromatic N) is 4. The molecule has 0 saturated carbocycles. The first-order chi connectivity index (χ1) is 26.8. The maximum atomic E-state index is 13.8. The molecule has 2 aromatic heterocycles. The largest absolute Gasteiger partial charge is 0.497 e. The van der Waals surface area contributed by atoms with Crippen LogP contribution in [0.3, 0.4) is 0 Å². The van der Waals surface area contributed by atoms with Gasteiger partial charge in [-0.25, -0.2) is 14.5 Å². The van der Waals surface area contributed by atoms with Crippen molar-refractivity contribution >= 4 is 28.6 Å². The van der Waals surface area contributed by atoms with Crippen LogP contribution in [0, 0.1) is 0 Å². The lowest BCUT2D eigenvalue weighted by Gasteiger charge is -2.37. The summed E-state index contributed by atoms with van der Waals surface area (Å²) in [6.07, 6.45) is 0.647. The van der Waals surface area contributed by atoms with Gasteiger partial charge in [-0.05, 0) is 53.8 Å². The van der Waals surface area contributed by atoms with Crippen molar-refractivity contribution in [3.63, 3.8) is 0 Å². The van der Waals surface area contributed by atoms with E-state index in [2.05, 4.69) is 105 Å². The normalized spacial score (nSPS) is 13.3. The van der Waals surface area contributed by atoms with Crippen molar-refractivity contribution in [3.8, 4) is 5.75 Å². The highest BCUT2D eigenvalue weighted by atomic mass is 16.5. The Labute approximate surface area is 321 Å². The fourth-order valence-corrected chi connectivity index (χ4v) is 7.87. The first kappa shape index (κ1) is 35.6. The predicted octanol–water partition coefficient (Wildman–Crippen LogP) is 8.48. The second kappa shape index (κ2) is 14.8. The molecule has 0 aliphatic carbocycles. The van der Waals surface area contributed by atoms with E-state index in [9.17, 15) is 9.90 Å². The molecule has 0 saturated heterocycles. The fourth-order valence-electron chi connectivity index (χ4n) is 7.87. The molecule has 0 spiro atoms. The van der Waals surface area contributed by atoms with Crippen LogP contribution < -0.4 is 20.3 Å². The number of amides is 2. The summed E-state index contributed by atoms with van der Waals surface area (Å²) in [6, 6.07) is 49.8. The summed E-state index contributed by atoms with van der Waals surface area (Å²) in [5.74, 6) is 2.03. The molecule has 9 nitrogen and oxygen atoms in total. The quantitative estimate of drug-likeness (QED) is 0.116. The third-order valence-corrected chi connectivity index (χ3v) is 10.4. The molecule has 1 aliphatic rings. The van der Waals surface area contributed by atoms with Crippen LogP contribution in [0.25, 0.3) is 10.9 Å². The number of hydrogen-bond acceptors (Lipinski definition) is 6. The van der Waals surface area contributed by atoms with Crippen molar-refractivity contribution < 1.29 is 14.6 Å². The smallest absolute Gasteiger partial charge is 0.320 e. The number of urea groups is 1. The number of aliphatic hydroxyl groups is 1. The summed E-state index contributed by atoms with van der Waals surface area (Å²) in [6.45, 7) is 4.70. The maximum Gasteiger partial charge on any atom is 0.320 e. The zero-order chi connectivity index (χ0) is 38.0. The van der Waals surface area contributed by atoms with Crippen molar-refractivity contribution in [1.82, 2.24) is 20.1 Å². The van der Waals surface area contributed by atoms with Gasteiger partial charge in [0.15, 0.2) is 5.82 Å². The van der Waals surface area contributed by atoms with Gasteiger partial charge in [-0.3, -0.25) is 5.32 Å². The summed E-state index contributed by atoms with van der Waals surface area (Å²) >= 11 is 0. The first-order valence-electron chi connectivity index (χ1n) is 18.6. The molecule has 55 heavy (non-hydrogen) atoms. The van der Waals surface area contributed by atoms with E-state index in [4.69, 9.17) is 14.8 Å². The zero-order valence-corrected chi connectivity index (χ0v) is 31.2. The van der Waals surface area contributed by atoms with Crippen LogP contribution in [0.15, 0.2) is 152 Å². The number of methoxy groups -OCH3 is 1. The average molecular weight is 729 g/mol. The maximum absolute atomic E-state index is 13.8. The zero-order valence-electron chi connectivity index (χ0n) is 31.2. The van der Waals surface area contributed by atoms with Gasteiger partial charge in [0, 0.05) is 25.6 Å². The van der Waals surface area contributed by atoms with Crippen LogP contribution in [-0.4, -0.2) is 45.2 Å². The van der Waals surface area contributed by atoms with E-state index in [1.807, 2.05) is 66.7 Å². The van der Waals surface area contributed by atoms with Gasteiger partial charge in [-0.1, -0.05) is 133 Å². The van der Waals surface area contributed by atoms with Crippen molar-refractivity contribution in [3.05, 3.63) is 185 Å². The molecule has 1 aliphatic heterocycles. The molecule has 2 amide bonds. The SMILES string of the molecule is COc1ccc(CN2CCc3nc(NC(=O)N[C@@H](c4ccccc4)C(C)(C)O)cc4c3c2nn4C(c2ccccc2)(c2ccccc2)c2ccccc2)cc1. The number of aromatic nitrogens is 3. The van der Waals surface area contributed by atoms with Crippen LogP contribution in [-0.2, 0) is 18.5 Å².